The van der Waals surface area contributed by atoms with E-state index < -0.39 is 0 Å². The molecule has 1 aliphatic heterocycles. The smallest absolute Gasteiger partial charge is 0.182 e. The molecule has 2 heterocycles. The van der Waals surface area contributed by atoms with Gasteiger partial charge in [0.25, 0.3) is 0 Å². The van der Waals surface area contributed by atoms with Gasteiger partial charge < -0.3 is 14.8 Å². The van der Waals surface area contributed by atoms with Crippen molar-refractivity contribution in [3.05, 3.63) is 35.3 Å². The van der Waals surface area contributed by atoms with Crippen molar-refractivity contribution >= 4 is 28.9 Å². The molecule has 1 aromatic heterocycles. The number of thiazole rings is 1. The molecular weight excluding hydrogens is 320 g/mol. The van der Waals surface area contributed by atoms with Gasteiger partial charge in [-0.1, -0.05) is 31.9 Å². The zero-order chi connectivity index (χ0) is 14.5. The first-order valence-electron chi connectivity index (χ1n) is 7.44. The van der Waals surface area contributed by atoms with E-state index in [2.05, 4.69) is 17.2 Å². The van der Waals surface area contributed by atoms with Crippen molar-refractivity contribution in [2.24, 2.45) is 0 Å². The molecule has 1 unspecified atom stereocenters. The van der Waals surface area contributed by atoms with Crippen LogP contribution in [0.2, 0.25) is 0 Å². The van der Waals surface area contributed by atoms with Crippen LogP contribution in [0.15, 0.2) is 29.6 Å². The number of fused-ring (bicyclic) bond motifs is 1. The minimum absolute atomic E-state index is 0. The van der Waals surface area contributed by atoms with Crippen LogP contribution >= 0.6 is 23.7 Å². The largest absolute Gasteiger partial charge is 0.485 e. The quantitative estimate of drug-likeness (QED) is 0.775. The van der Waals surface area contributed by atoms with E-state index in [-0.39, 0.29) is 18.5 Å². The van der Waals surface area contributed by atoms with E-state index >= 15 is 0 Å². The molecule has 1 N–H and O–H groups in total. The third-order valence-corrected chi connectivity index (χ3v) is 4.24. The topological polar surface area (TPSA) is 43.4 Å². The lowest BCUT2D eigenvalue weighted by atomic mass is 10.2. The van der Waals surface area contributed by atoms with Gasteiger partial charge in [0.05, 0.1) is 5.69 Å². The summed E-state index contributed by atoms with van der Waals surface area (Å²) in [6.07, 6.45) is 3.54. The molecule has 0 saturated carbocycles. The van der Waals surface area contributed by atoms with Crippen LogP contribution in [0.4, 0.5) is 5.13 Å². The molecule has 0 saturated heterocycles. The normalized spacial score (nSPS) is 16.0. The lowest BCUT2D eigenvalue weighted by molar-refractivity contribution is 0.0888. The summed E-state index contributed by atoms with van der Waals surface area (Å²) in [7, 11) is 0. The molecule has 3 rings (SSSR count). The zero-order valence-corrected chi connectivity index (χ0v) is 14.2. The van der Waals surface area contributed by atoms with Gasteiger partial charge in [-0.25, -0.2) is 4.98 Å². The molecule has 1 aromatic carbocycles. The summed E-state index contributed by atoms with van der Waals surface area (Å²) in [6, 6.07) is 7.75. The van der Waals surface area contributed by atoms with Crippen LogP contribution in [0.5, 0.6) is 11.5 Å². The first kappa shape index (κ1) is 16.9. The first-order chi connectivity index (χ1) is 10.4. The highest BCUT2D eigenvalue weighted by atomic mass is 35.5. The highest BCUT2D eigenvalue weighted by Gasteiger charge is 2.24. The molecule has 1 aliphatic rings. The Morgan fingerprint density at radius 3 is 2.91 bits per heavy atom. The Hall–Kier alpha value is -1.46. The SMILES string of the molecule is CCCCCNc1nc(C2COc3ccccc3O2)cs1.Cl. The van der Waals surface area contributed by atoms with Gasteiger partial charge in [-0.2, -0.15) is 0 Å². The molecule has 4 nitrogen and oxygen atoms in total. The van der Waals surface area contributed by atoms with Gasteiger partial charge >= 0.3 is 0 Å². The minimum atomic E-state index is -0.123. The van der Waals surface area contributed by atoms with Crippen molar-refractivity contribution in [3.8, 4) is 11.5 Å². The molecule has 0 spiro atoms. The van der Waals surface area contributed by atoms with Crippen molar-refractivity contribution in [2.45, 2.75) is 32.3 Å². The average molecular weight is 341 g/mol. The van der Waals surface area contributed by atoms with Crippen molar-refractivity contribution in [1.82, 2.24) is 4.98 Å². The Labute approximate surface area is 141 Å². The van der Waals surface area contributed by atoms with E-state index in [1.54, 1.807) is 11.3 Å². The fourth-order valence-corrected chi connectivity index (χ4v) is 3.03. The Morgan fingerprint density at radius 2 is 2.09 bits per heavy atom. The molecule has 22 heavy (non-hydrogen) atoms. The summed E-state index contributed by atoms with van der Waals surface area (Å²) >= 11 is 1.62. The summed E-state index contributed by atoms with van der Waals surface area (Å²) < 4.78 is 11.7. The number of halogens is 1. The molecule has 6 heteroatoms. The zero-order valence-electron chi connectivity index (χ0n) is 12.6. The number of anilines is 1. The highest BCUT2D eigenvalue weighted by Crippen LogP contribution is 2.36. The predicted octanol–water partition coefficient (Wildman–Crippen LogP) is 4.68. The van der Waals surface area contributed by atoms with E-state index in [0.29, 0.717) is 6.61 Å². The van der Waals surface area contributed by atoms with Crippen LogP contribution in [-0.2, 0) is 0 Å². The Morgan fingerprint density at radius 1 is 1.27 bits per heavy atom. The lowest BCUT2D eigenvalue weighted by Crippen LogP contribution is -2.21. The molecule has 0 bridgehead atoms. The molecular formula is C16H21ClN2O2S. The third kappa shape index (κ3) is 4.05. The first-order valence-corrected chi connectivity index (χ1v) is 8.32. The van der Waals surface area contributed by atoms with Gasteiger partial charge in [0.1, 0.15) is 6.61 Å². The summed E-state index contributed by atoms with van der Waals surface area (Å²) in [4.78, 5) is 4.61. The molecule has 0 radical (unpaired) electrons. The van der Waals surface area contributed by atoms with Gasteiger partial charge in [0.2, 0.25) is 0 Å². The molecule has 120 valence electrons. The van der Waals surface area contributed by atoms with Gasteiger partial charge in [0.15, 0.2) is 22.7 Å². The summed E-state index contributed by atoms with van der Waals surface area (Å²) in [5, 5.41) is 6.38. The second-order valence-corrected chi connectivity index (χ2v) is 5.93. The fourth-order valence-electron chi connectivity index (χ4n) is 2.25. The Kier molecular flexibility index (Phi) is 6.34. The van der Waals surface area contributed by atoms with Crippen LogP contribution in [0.25, 0.3) is 0 Å². The monoisotopic (exact) mass is 340 g/mol. The number of aromatic nitrogens is 1. The van der Waals surface area contributed by atoms with Gasteiger partial charge in [-0.15, -0.1) is 23.7 Å². The number of nitrogens with zero attached hydrogens (tertiary/aromatic N) is 1. The molecule has 1 atom stereocenters. The number of benzene rings is 1. The van der Waals surface area contributed by atoms with Gasteiger partial charge in [0, 0.05) is 11.9 Å². The number of para-hydroxylation sites is 2. The van der Waals surface area contributed by atoms with Crippen LogP contribution in [-0.4, -0.2) is 18.1 Å². The maximum Gasteiger partial charge on any atom is 0.182 e. The minimum Gasteiger partial charge on any atom is -0.485 e. The van der Waals surface area contributed by atoms with Crippen LogP contribution in [0.3, 0.4) is 0 Å². The van der Waals surface area contributed by atoms with Crippen molar-refractivity contribution in [1.29, 1.82) is 0 Å². The number of hydrogen-bond acceptors (Lipinski definition) is 5. The molecule has 0 amide bonds. The van der Waals surface area contributed by atoms with E-state index in [9.17, 15) is 0 Å². The fraction of sp³-hybridized carbons (Fsp3) is 0.438. The van der Waals surface area contributed by atoms with Crippen LogP contribution < -0.4 is 14.8 Å². The van der Waals surface area contributed by atoms with Crippen LogP contribution in [0, 0.1) is 0 Å². The second kappa shape index (κ2) is 8.25. The molecule has 0 aliphatic carbocycles. The average Bonchev–Trinajstić information content (AvgIpc) is 3.00. The predicted molar refractivity (Wildman–Crippen MR) is 92.7 cm³/mol. The van der Waals surface area contributed by atoms with Crippen LogP contribution in [0.1, 0.15) is 38.0 Å². The number of nitrogens with one attached hydrogen (secondary N) is 1. The maximum atomic E-state index is 5.97. The van der Waals surface area contributed by atoms with E-state index in [4.69, 9.17) is 9.47 Å². The van der Waals surface area contributed by atoms with Crippen molar-refractivity contribution in [3.63, 3.8) is 0 Å². The lowest BCUT2D eigenvalue weighted by Gasteiger charge is -2.25. The van der Waals surface area contributed by atoms with E-state index in [0.717, 1.165) is 28.9 Å². The number of hydrogen-bond donors (Lipinski definition) is 1. The van der Waals surface area contributed by atoms with Gasteiger partial charge in [-0.05, 0) is 18.6 Å². The highest BCUT2D eigenvalue weighted by molar-refractivity contribution is 7.13. The maximum absolute atomic E-state index is 5.97. The number of unbranched alkanes of at least 4 members (excludes halogenated alkanes) is 2. The molecule has 2 aromatic rings. The standard InChI is InChI=1S/C16H20N2O2S.ClH/c1-2-3-6-9-17-16-18-12(11-21-16)15-10-19-13-7-4-5-8-14(13)20-15;/h4-5,7-8,11,15H,2-3,6,9-10H2,1H3,(H,17,18);1H. The number of rotatable bonds is 6. The third-order valence-electron chi connectivity index (χ3n) is 3.42. The van der Waals surface area contributed by atoms with Crippen molar-refractivity contribution in [2.75, 3.05) is 18.5 Å². The summed E-state index contributed by atoms with van der Waals surface area (Å²) in [5.41, 5.74) is 0.937. The molecule has 0 fully saturated rings. The van der Waals surface area contributed by atoms with E-state index in [1.165, 1.54) is 19.3 Å². The number of ether oxygens (including phenoxy) is 2. The Bertz CT molecular complexity index is 591. The van der Waals surface area contributed by atoms with Crippen molar-refractivity contribution < 1.29 is 9.47 Å². The summed E-state index contributed by atoms with van der Waals surface area (Å²) in [5.74, 6) is 1.60. The Balaban J connectivity index is 0.00000176. The van der Waals surface area contributed by atoms with E-state index in [1.807, 2.05) is 29.6 Å². The van der Waals surface area contributed by atoms with Gasteiger partial charge in [-0.3, -0.25) is 0 Å². The second-order valence-electron chi connectivity index (χ2n) is 5.08. The summed E-state index contributed by atoms with van der Waals surface area (Å²) in [6.45, 7) is 3.70.